The van der Waals surface area contributed by atoms with Crippen molar-refractivity contribution >= 4 is 5.97 Å². The van der Waals surface area contributed by atoms with Crippen molar-refractivity contribution in [2.45, 2.75) is 130 Å². The molecule has 138 valence electrons. The lowest BCUT2D eigenvalue weighted by Crippen LogP contribution is -2.18. The second kappa shape index (κ2) is 17.8. The molecule has 0 aromatic carbocycles. The van der Waals surface area contributed by atoms with Gasteiger partial charge in [-0.05, 0) is 32.1 Å². The summed E-state index contributed by atoms with van der Waals surface area (Å²) in [6, 6.07) is 0. The van der Waals surface area contributed by atoms with E-state index in [2.05, 4.69) is 20.8 Å². The minimum atomic E-state index is 0.0393. The Morgan fingerprint density at radius 1 is 0.652 bits per heavy atom. The van der Waals surface area contributed by atoms with Crippen molar-refractivity contribution in [3.8, 4) is 0 Å². The number of ether oxygens (including phenoxy) is 1. The van der Waals surface area contributed by atoms with E-state index in [1.54, 1.807) is 0 Å². The topological polar surface area (TPSA) is 26.3 Å². The lowest BCUT2D eigenvalue weighted by atomic mass is 10.0. The molecule has 0 rings (SSSR count). The van der Waals surface area contributed by atoms with Crippen molar-refractivity contribution in [1.82, 2.24) is 0 Å². The number of carbonyl (C=O) groups excluding carboxylic acids is 1. The number of hydrogen-bond donors (Lipinski definition) is 0. The van der Waals surface area contributed by atoms with Crippen LogP contribution in [0.1, 0.15) is 124 Å². The van der Waals surface area contributed by atoms with E-state index in [1.807, 2.05) is 0 Å². The summed E-state index contributed by atoms with van der Waals surface area (Å²) in [6.07, 6.45) is 18.9. The Morgan fingerprint density at radius 2 is 1.09 bits per heavy atom. The van der Waals surface area contributed by atoms with E-state index >= 15 is 0 Å². The molecule has 0 saturated heterocycles. The minimum absolute atomic E-state index is 0.0393. The molecular weight excluding hydrogens is 284 g/mol. The van der Waals surface area contributed by atoms with Crippen LogP contribution in [0.5, 0.6) is 0 Å². The van der Waals surface area contributed by atoms with Crippen LogP contribution in [0.3, 0.4) is 0 Å². The van der Waals surface area contributed by atoms with Gasteiger partial charge in [-0.3, -0.25) is 4.79 Å². The first-order valence-corrected chi connectivity index (χ1v) is 10.4. The molecule has 0 saturated carbocycles. The third-order valence-electron chi connectivity index (χ3n) is 4.54. The van der Waals surface area contributed by atoms with Crippen LogP contribution < -0.4 is 0 Å². The normalized spacial score (nSPS) is 11.1. The SMILES string of the molecule is CCCCCCCC(=O)OC(CCCCCC)CCCCCC. The molecule has 0 aliphatic rings. The molecule has 0 amide bonds. The van der Waals surface area contributed by atoms with E-state index in [0.717, 1.165) is 19.3 Å². The zero-order valence-electron chi connectivity index (χ0n) is 16.2. The van der Waals surface area contributed by atoms with E-state index in [4.69, 9.17) is 4.74 Å². The molecule has 0 fully saturated rings. The zero-order valence-corrected chi connectivity index (χ0v) is 16.2. The van der Waals surface area contributed by atoms with E-state index in [1.165, 1.54) is 77.0 Å². The van der Waals surface area contributed by atoms with Crippen molar-refractivity contribution in [2.24, 2.45) is 0 Å². The van der Waals surface area contributed by atoms with Crippen LogP contribution in [0.15, 0.2) is 0 Å². The van der Waals surface area contributed by atoms with Gasteiger partial charge in [-0.1, -0.05) is 85.0 Å². The average Bonchev–Trinajstić information content (AvgIpc) is 2.55. The van der Waals surface area contributed by atoms with Crippen LogP contribution in [0, 0.1) is 0 Å². The van der Waals surface area contributed by atoms with E-state index < -0.39 is 0 Å². The van der Waals surface area contributed by atoms with Crippen LogP contribution in [-0.4, -0.2) is 12.1 Å². The Balaban J connectivity index is 3.92. The molecule has 0 unspecified atom stereocenters. The van der Waals surface area contributed by atoms with E-state index in [0.29, 0.717) is 6.42 Å². The van der Waals surface area contributed by atoms with Crippen molar-refractivity contribution in [1.29, 1.82) is 0 Å². The van der Waals surface area contributed by atoms with Gasteiger partial charge in [-0.25, -0.2) is 0 Å². The van der Waals surface area contributed by atoms with Gasteiger partial charge in [0.15, 0.2) is 0 Å². The Kier molecular flexibility index (Phi) is 17.4. The predicted octanol–water partition coefficient (Wildman–Crippen LogP) is 7.20. The van der Waals surface area contributed by atoms with Crippen LogP contribution in [0.25, 0.3) is 0 Å². The maximum absolute atomic E-state index is 12.0. The molecule has 0 N–H and O–H groups in total. The van der Waals surface area contributed by atoms with Gasteiger partial charge in [0.1, 0.15) is 6.10 Å². The highest BCUT2D eigenvalue weighted by atomic mass is 16.5. The molecule has 0 aromatic heterocycles. The molecule has 2 nitrogen and oxygen atoms in total. The van der Waals surface area contributed by atoms with E-state index in [9.17, 15) is 4.79 Å². The third kappa shape index (κ3) is 16.1. The molecule has 0 bridgehead atoms. The zero-order chi connectivity index (χ0) is 17.2. The van der Waals surface area contributed by atoms with Gasteiger partial charge in [-0.2, -0.15) is 0 Å². The van der Waals surface area contributed by atoms with Gasteiger partial charge in [0, 0.05) is 6.42 Å². The highest BCUT2D eigenvalue weighted by Crippen LogP contribution is 2.17. The fourth-order valence-electron chi connectivity index (χ4n) is 2.98. The number of esters is 1. The van der Waals surface area contributed by atoms with Crippen LogP contribution in [0.2, 0.25) is 0 Å². The fraction of sp³-hybridized carbons (Fsp3) is 0.952. The highest BCUT2D eigenvalue weighted by molar-refractivity contribution is 5.69. The van der Waals surface area contributed by atoms with Crippen molar-refractivity contribution in [2.75, 3.05) is 0 Å². The van der Waals surface area contributed by atoms with Gasteiger partial charge in [-0.15, -0.1) is 0 Å². The summed E-state index contributed by atoms with van der Waals surface area (Å²) < 4.78 is 5.78. The average molecular weight is 327 g/mol. The Hall–Kier alpha value is -0.530. The lowest BCUT2D eigenvalue weighted by Gasteiger charge is -2.18. The van der Waals surface area contributed by atoms with Crippen molar-refractivity contribution in [3.63, 3.8) is 0 Å². The predicted molar refractivity (Wildman–Crippen MR) is 101 cm³/mol. The summed E-state index contributed by atoms with van der Waals surface area (Å²) in [7, 11) is 0. The molecule has 23 heavy (non-hydrogen) atoms. The number of hydrogen-bond acceptors (Lipinski definition) is 2. The monoisotopic (exact) mass is 326 g/mol. The lowest BCUT2D eigenvalue weighted by molar-refractivity contribution is -0.150. The van der Waals surface area contributed by atoms with E-state index in [-0.39, 0.29) is 12.1 Å². The van der Waals surface area contributed by atoms with Gasteiger partial charge >= 0.3 is 5.97 Å². The number of rotatable bonds is 17. The smallest absolute Gasteiger partial charge is 0.306 e. The maximum Gasteiger partial charge on any atom is 0.306 e. The summed E-state index contributed by atoms with van der Waals surface area (Å²) in [6.45, 7) is 6.69. The second-order valence-electron chi connectivity index (χ2n) is 6.97. The largest absolute Gasteiger partial charge is 0.462 e. The van der Waals surface area contributed by atoms with Crippen LogP contribution in [-0.2, 0) is 9.53 Å². The van der Waals surface area contributed by atoms with Gasteiger partial charge in [0.05, 0.1) is 0 Å². The summed E-state index contributed by atoms with van der Waals surface area (Å²) in [5.74, 6) is 0.0393. The highest BCUT2D eigenvalue weighted by Gasteiger charge is 2.13. The summed E-state index contributed by atoms with van der Waals surface area (Å²) in [5, 5.41) is 0. The van der Waals surface area contributed by atoms with Crippen LogP contribution in [0.4, 0.5) is 0 Å². The fourth-order valence-corrected chi connectivity index (χ4v) is 2.98. The summed E-state index contributed by atoms with van der Waals surface area (Å²) in [5.41, 5.74) is 0. The Labute approximate surface area is 145 Å². The molecule has 0 aliphatic heterocycles. The minimum Gasteiger partial charge on any atom is -0.462 e. The second-order valence-corrected chi connectivity index (χ2v) is 6.97. The first-order chi connectivity index (χ1) is 11.2. The summed E-state index contributed by atoms with van der Waals surface area (Å²) in [4.78, 5) is 12.0. The van der Waals surface area contributed by atoms with Crippen LogP contribution >= 0.6 is 0 Å². The first kappa shape index (κ1) is 22.5. The first-order valence-electron chi connectivity index (χ1n) is 10.4. The van der Waals surface area contributed by atoms with Crippen molar-refractivity contribution in [3.05, 3.63) is 0 Å². The van der Waals surface area contributed by atoms with Gasteiger partial charge in [0.25, 0.3) is 0 Å². The molecule has 0 spiro atoms. The molecular formula is C21H42O2. The molecule has 0 atom stereocenters. The maximum atomic E-state index is 12.0. The summed E-state index contributed by atoms with van der Waals surface area (Å²) >= 11 is 0. The standard InChI is InChI=1S/C21H42O2/c1-4-7-10-13-16-19-21(22)23-20(17-14-11-8-5-2)18-15-12-9-6-3/h20H,4-19H2,1-3H3. The molecule has 0 aromatic rings. The Morgan fingerprint density at radius 3 is 1.57 bits per heavy atom. The number of unbranched alkanes of at least 4 members (excludes halogenated alkanes) is 10. The molecule has 0 heterocycles. The third-order valence-corrected chi connectivity index (χ3v) is 4.54. The quantitative estimate of drug-likeness (QED) is 0.209. The number of carbonyl (C=O) groups is 1. The molecule has 2 heteroatoms. The van der Waals surface area contributed by atoms with Crippen molar-refractivity contribution < 1.29 is 9.53 Å². The Bertz CT molecular complexity index is 238. The molecule has 0 radical (unpaired) electrons. The molecule has 0 aliphatic carbocycles. The van der Waals surface area contributed by atoms with Gasteiger partial charge < -0.3 is 4.74 Å². The van der Waals surface area contributed by atoms with Gasteiger partial charge in [0.2, 0.25) is 0 Å².